The first-order valence-corrected chi connectivity index (χ1v) is 12.2. The third-order valence-electron chi connectivity index (χ3n) is 5.31. The Morgan fingerprint density at radius 3 is 2.66 bits per heavy atom. The molecule has 0 bridgehead atoms. The molecule has 170 valence electrons. The van der Waals surface area contributed by atoms with Crippen LogP contribution in [0, 0.1) is 0 Å². The molecule has 0 spiro atoms. The summed E-state index contributed by atoms with van der Waals surface area (Å²) in [5, 5.41) is 2.95. The SMILES string of the molecule is CC(Nc1nc(N2CCN(C)CC2)nc2cnc(Cl)cc12)S(=O)(=O)NCc1ccccn1. The lowest BCUT2D eigenvalue weighted by molar-refractivity contribution is 0.311. The van der Waals surface area contributed by atoms with E-state index in [0.717, 1.165) is 26.2 Å². The van der Waals surface area contributed by atoms with Crippen LogP contribution in [0.25, 0.3) is 10.9 Å². The fraction of sp³-hybridized carbons (Fsp3) is 0.400. The molecule has 0 aromatic carbocycles. The maximum absolute atomic E-state index is 12.8. The lowest BCUT2D eigenvalue weighted by Gasteiger charge is -2.32. The van der Waals surface area contributed by atoms with Gasteiger partial charge in [-0.25, -0.2) is 23.1 Å². The number of likely N-dealkylation sites (N-methyl/N-ethyl adjacent to an activating group) is 1. The fourth-order valence-electron chi connectivity index (χ4n) is 3.32. The zero-order valence-electron chi connectivity index (χ0n) is 17.9. The van der Waals surface area contributed by atoms with Crippen molar-refractivity contribution in [2.45, 2.75) is 18.8 Å². The maximum atomic E-state index is 12.8. The Balaban J connectivity index is 1.59. The van der Waals surface area contributed by atoms with Crippen molar-refractivity contribution < 1.29 is 8.42 Å². The lowest BCUT2D eigenvalue weighted by atomic mass is 10.3. The second kappa shape index (κ2) is 9.49. The van der Waals surface area contributed by atoms with Crippen LogP contribution in [-0.2, 0) is 16.6 Å². The summed E-state index contributed by atoms with van der Waals surface area (Å²) in [6, 6.07) is 6.98. The van der Waals surface area contributed by atoms with Crippen molar-refractivity contribution in [3.63, 3.8) is 0 Å². The van der Waals surface area contributed by atoms with Gasteiger partial charge in [-0.2, -0.15) is 4.98 Å². The molecule has 0 amide bonds. The molecular formula is C20H25ClN8O2S. The van der Waals surface area contributed by atoms with Crippen molar-refractivity contribution in [1.82, 2.24) is 29.6 Å². The van der Waals surface area contributed by atoms with Crippen molar-refractivity contribution >= 4 is 44.3 Å². The highest BCUT2D eigenvalue weighted by molar-refractivity contribution is 7.90. The minimum atomic E-state index is -3.71. The van der Waals surface area contributed by atoms with Gasteiger partial charge in [0, 0.05) is 37.8 Å². The Morgan fingerprint density at radius 2 is 1.94 bits per heavy atom. The molecule has 2 N–H and O–H groups in total. The molecule has 1 saturated heterocycles. The Morgan fingerprint density at radius 1 is 1.16 bits per heavy atom. The predicted octanol–water partition coefficient (Wildman–Crippen LogP) is 1.70. The van der Waals surface area contributed by atoms with Crippen LogP contribution in [0.2, 0.25) is 5.15 Å². The van der Waals surface area contributed by atoms with Gasteiger partial charge in [0.25, 0.3) is 0 Å². The van der Waals surface area contributed by atoms with Crippen LogP contribution in [0.4, 0.5) is 11.8 Å². The molecule has 4 rings (SSSR count). The first kappa shape index (κ1) is 22.6. The number of pyridine rings is 2. The number of anilines is 2. The van der Waals surface area contributed by atoms with E-state index >= 15 is 0 Å². The summed E-state index contributed by atoms with van der Waals surface area (Å²) >= 11 is 6.09. The molecule has 1 aliphatic heterocycles. The number of nitrogens with zero attached hydrogens (tertiary/aromatic N) is 6. The first-order chi connectivity index (χ1) is 15.3. The monoisotopic (exact) mass is 476 g/mol. The Hall–Kier alpha value is -2.60. The Bertz CT molecular complexity index is 1190. The molecule has 10 nitrogen and oxygen atoms in total. The van der Waals surface area contributed by atoms with Crippen LogP contribution in [0.5, 0.6) is 0 Å². The second-order valence-corrected chi connectivity index (χ2v) is 10.1. The first-order valence-electron chi connectivity index (χ1n) is 10.2. The van der Waals surface area contributed by atoms with Gasteiger partial charge >= 0.3 is 0 Å². The molecule has 1 aliphatic rings. The largest absolute Gasteiger partial charge is 0.352 e. The highest BCUT2D eigenvalue weighted by atomic mass is 35.5. The highest BCUT2D eigenvalue weighted by Gasteiger charge is 2.24. The summed E-state index contributed by atoms with van der Waals surface area (Å²) in [4.78, 5) is 21.9. The number of sulfonamides is 1. The number of piperazine rings is 1. The van der Waals surface area contributed by atoms with Gasteiger partial charge in [0.15, 0.2) is 0 Å². The van der Waals surface area contributed by atoms with Crippen LogP contribution in [0.15, 0.2) is 36.7 Å². The number of halogens is 1. The summed E-state index contributed by atoms with van der Waals surface area (Å²) in [7, 11) is -1.64. The topological polar surface area (TPSA) is 116 Å². The zero-order valence-corrected chi connectivity index (χ0v) is 19.4. The van der Waals surface area contributed by atoms with Crippen molar-refractivity contribution in [3.8, 4) is 0 Å². The van der Waals surface area contributed by atoms with Gasteiger partial charge in [0.05, 0.1) is 24.0 Å². The van der Waals surface area contributed by atoms with Crippen LogP contribution in [-0.4, -0.2) is 71.9 Å². The maximum Gasteiger partial charge on any atom is 0.232 e. The quantitative estimate of drug-likeness (QED) is 0.491. The number of rotatable bonds is 7. The predicted molar refractivity (Wildman–Crippen MR) is 125 cm³/mol. The standard InChI is InChI=1S/C20H25ClN8O2S/c1-14(32(30,31)24-12-15-5-3-4-6-22-15)25-19-16-11-18(21)23-13-17(16)26-20(27-19)29-9-7-28(2)8-10-29/h3-6,11,13-14,24H,7-10,12H2,1-2H3,(H,25,26,27). The average Bonchev–Trinajstić information content (AvgIpc) is 2.79. The molecule has 32 heavy (non-hydrogen) atoms. The highest BCUT2D eigenvalue weighted by Crippen LogP contribution is 2.26. The third-order valence-corrected chi connectivity index (χ3v) is 7.11. The van der Waals surface area contributed by atoms with E-state index < -0.39 is 15.4 Å². The molecule has 1 fully saturated rings. The van der Waals surface area contributed by atoms with Gasteiger partial charge in [-0.15, -0.1) is 0 Å². The van der Waals surface area contributed by atoms with Crippen molar-refractivity contribution in [2.75, 3.05) is 43.4 Å². The van der Waals surface area contributed by atoms with Crippen molar-refractivity contribution in [2.24, 2.45) is 0 Å². The molecular weight excluding hydrogens is 452 g/mol. The number of nitrogens with one attached hydrogen (secondary N) is 2. The fourth-order valence-corrected chi connectivity index (χ4v) is 4.35. The molecule has 3 aromatic rings. The van der Waals surface area contributed by atoms with E-state index in [1.54, 1.807) is 37.5 Å². The van der Waals surface area contributed by atoms with Crippen LogP contribution >= 0.6 is 11.6 Å². The van der Waals surface area contributed by atoms with E-state index in [1.165, 1.54) is 0 Å². The molecule has 1 unspecified atom stereocenters. The van der Waals surface area contributed by atoms with Gasteiger partial charge in [-0.05, 0) is 32.2 Å². The van der Waals surface area contributed by atoms with E-state index in [1.807, 2.05) is 6.07 Å². The summed E-state index contributed by atoms with van der Waals surface area (Å²) in [6.07, 6.45) is 3.19. The summed E-state index contributed by atoms with van der Waals surface area (Å²) < 4.78 is 28.3. The Kier molecular flexibility index (Phi) is 6.70. The van der Waals surface area contributed by atoms with E-state index in [2.05, 4.69) is 46.8 Å². The summed E-state index contributed by atoms with van der Waals surface area (Å²) in [6.45, 7) is 5.01. The van der Waals surface area contributed by atoms with E-state index in [0.29, 0.717) is 28.4 Å². The minimum Gasteiger partial charge on any atom is -0.352 e. The van der Waals surface area contributed by atoms with E-state index in [4.69, 9.17) is 11.6 Å². The Labute approximate surface area is 192 Å². The average molecular weight is 477 g/mol. The van der Waals surface area contributed by atoms with Gasteiger partial charge in [-0.1, -0.05) is 17.7 Å². The summed E-state index contributed by atoms with van der Waals surface area (Å²) in [5.74, 6) is 0.923. The van der Waals surface area contributed by atoms with Gasteiger partial charge in [0.2, 0.25) is 16.0 Å². The van der Waals surface area contributed by atoms with Crippen LogP contribution in [0.3, 0.4) is 0 Å². The molecule has 0 aliphatic carbocycles. The molecule has 3 aromatic heterocycles. The third kappa shape index (κ3) is 5.23. The molecule has 4 heterocycles. The number of fused-ring (bicyclic) bond motifs is 1. The number of hydrogen-bond acceptors (Lipinski definition) is 9. The number of aromatic nitrogens is 4. The van der Waals surface area contributed by atoms with Crippen molar-refractivity contribution in [3.05, 3.63) is 47.5 Å². The van der Waals surface area contributed by atoms with Gasteiger partial charge in [0.1, 0.15) is 16.3 Å². The minimum absolute atomic E-state index is 0.0992. The van der Waals surface area contributed by atoms with Crippen LogP contribution < -0.4 is 14.9 Å². The molecule has 0 saturated carbocycles. The van der Waals surface area contributed by atoms with Crippen molar-refractivity contribution in [1.29, 1.82) is 0 Å². The molecule has 12 heteroatoms. The lowest BCUT2D eigenvalue weighted by Crippen LogP contribution is -2.45. The summed E-state index contributed by atoms with van der Waals surface area (Å²) in [5.41, 5.74) is 1.22. The second-order valence-electron chi connectivity index (χ2n) is 7.66. The molecule has 0 radical (unpaired) electrons. The van der Waals surface area contributed by atoms with Gasteiger partial charge in [-0.3, -0.25) is 4.98 Å². The molecule has 1 atom stereocenters. The van der Waals surface area contributed by atoms with E-state index in [9.17, 15) is 8.42 Å². The van der Waals surface area contributed by atoms with Crippen LogP contribution in [0.1, 0.15) is 12.6 Å². The van der Waals surface area contributed by atoms with E-state index in [-0.39, 0.29) is 11.7 Å². The number of hydrogen-bond donors (Lipinski definition) is 2. The van der Waals surface area contributed by atoms with Gasteiger partial charge < -0.3 is 15.1 Å². The smallest absolute Gasteiger partial charge is 0.232 e. The zero-order chi connectivity index (χ0) is 22.7. The normalized spacial score (nSPS) is 16.3.